The highest BCUT2D eigenvalue weighted by molar-refractivity contribution is 5.48. The smallest absolute Gasteiger partial charge is 0.207 e. The van der Waals surface area contributed by atoms with Gasteiger partial charge >= 0.3 is 0 Å². The van der Waals surface area contributed by atoms with Crippen molar-refractivity contribution < 1.29 is 4.79 Å². The van der Waals surface area contributed by atoms with Gasteiger partial charge in [0.05, 0.1) is 6.04 Å². The van der Waals surface area contributed by atoms with Crippen LogP contribution in [0.15, 0.2) is 30.3 Å². The quantitative estimate of drug-likeness (QED) is 0.723. The van der Waals surface area contributed by atoms with Gasteiger partial charge in [-0.25, -0.2) is 0 Å². The lowest BCUT2D eigenvalue weighted by atomic mass is 9.77. The number of carbonyl (C=O) groups excluding carboxylic acids is 1. The summed E-state index contributed by atoms with van der Waals surface area (Å²) in [6, 6.07) is 10.4. The number of hydrogen-bond acceptors (Lipinski definition) is 1. The number of nitrogens with one attached hydrogen (secondary N) is 1. The summed E-state index contributed by atoms with van der Waals surface area (Å²) in [5.41, 5.74) is 1.23. The van der Waals surface area contributed by atoms with Gasteiger partial charge in [0.15, 0.2) is 0 Å². The summed E-state index contributed by atoms with van der Waals surface area (Å²) in [7, 11) is 0. The van der Waals surface area contributed by atoms with Crippen molar-refractivity contribution in [2.75, 3.05) is 0 Å². The Hall–Kier alpha value is -1.31. The highest BCUT2D eigenvalue weighted by Crippen LogP contribution is 2.37. The Morgan fingerprint density at radius 1 is 1.29 bits per heavy atom. The van der Waals surface area contributed by atoms with Gasteiger partial charge in [-0.15, -0.1) is 0 Å². The van der Waals surface area contributed by atoms with Crippen LogP contribution in [-0.4, -0.2) is 6.41 Å². The molecule has 0 aromatic heterocycles. The van der Waals surface area contributed by atoms with Gasteiger partial charge in [0, 0.05) is 0 Å². The average Bonchev–Trinajstić information content (AvgIpc) is 2.16. The van der Waals surface area contributed by atoms with Crippen LogP contribution in [0.3, 0.4) is 0 Å². The number of amides is 1. The molecule has 1 saturated carbocycles. The molecule has 2 rings (SSSR count). The molecular weight excluding hydrogens is 174 g/mol. The van der Waals surface area contributed by atoms with E-state index in [1.54, 1.807) is 0 Å². The van der Waals surface area contributed by atoms with Gasteiger partial charge in [-0.2, -0.15) is 0 Å². The molecule has 1 unspecified atom stereocenters. The summed E-state index contributed by atoms with van der Waals surface area (Å²) in [6.07, 6.45) is 4.59. The minimum atomic E-state index is 0.224. The minimum Gasteiger partial charge on any atom is -0.352 e. The molecule has 0 saturated heterocycles. The van der Waals surface area contributed by atoms with Crippen LogP contribution < -0.4 is 5.32 Å². The van der Waals surface area contributed by atoms with Crippen LogP contribution in [0.2, 0.25) is 0 Å². The predicted molar refractivity (Wildman–Crippen MR) is 55.7 cm³/mol. The fraction of sp³-hybridized carbons (Fsp3) is 0.417. The van der Waals surface area contributed by atoms with E-state index >= 15 is 0 Å². The zero-order valence-electron chi connectivity index (χ0n) is 8.15. The SMILES string of the molecule is O=CNC(c1ccccc1)C1CCC1. The molecule has 1 aliphatic rings. The molecule has 1 atom stereocenters. The molecule has 1 aromatic rings. The van der Waals surface area contributed by atoms with Gasteiger partial charge in [0.1, 0.15) is 0 Å². The Morgan fingerprint density at radius 2 is 2.00 bits per heavy atom. The molecule has 14 heavy (non-hydrogen) atoms. The number of carbonyl (C=O) groups is 1. The lowest BCUT2D eigenvalue weighted by molar-refractivity contribution is -0.110. The Bertz CT molecular complexity index is 292. The number of benzene rings is 1. The Kier molecular flexibility index (Phi) is 2.82. The molecule has 0 aliphatic heterocycles. The molecule has 0 spiro atoms. The lowest BCUT2D eigenvalue weighted by Crippen LogP contribution is -2.31. The second-order valence-corrected chi connectivity index (χ2v) is 3.86. The van der Waals surface area contributed by atoms with Crippen molar-refractivity contribution >= 4 is 6.41 Å². The molecule has 2 nitrogen and oxygen atoms in total. The lowest BCUT2D eigenvalue weighted by Gasteiger charge is -2.33. The average molecular weight is 189 g/mol. The molecule has 0 heterocycles. The summed E-state index contributed by atoms with van der Waals surface area (Å²) in [5, 5.41) is 2.92. The van der Waals surface area contributed by atoms with Crippen LogP contribution in [0, 0.1) is 5.92 Å². The molecule has 2 heteroatoms. The summed E-state index contributed by atoms with van der Waals surface area (Å²) < 4.78 is 0. The number of hydrogen-bond donors (Lipinski definition) is 1. The maximum Gasteiger partial charge on any atom is 0.207 e. The maximum absolute atomic E-state index is 10.5. The first-order chi connectivity index (χ1) is 6.92. The fourth-order valence-electron chi connectivity index (χ4n) is 2.01. The van der Waals surface area contributed by atoms with Gasteiger partial charge in [-0.05, 0) is 24.3 Å². The standard InChI is InChI=1S/C12H15NO/c14-9-13-12(11-7-4-8-11)10-5-2-1-3-6-10/h1-3,5-6,9,11-12H,4,7-8H2,(H,13,14). The van der Waals surface area contributed by atoms with Gasteiger partial charge in [-0.1, -0.05) is 36.8 Å². The predicted octanol–water partition coefficient (Wildman–Crippen LogP) is 2.27. The minimum absolute atomic E-state index is 0.224. The van der Waals surface area contributed by atoms with Crippen LogP contribution in [0.1, 0.15) is 30.9 Å². The van der Waals surface area contributed by atoms with E-state index in [0.717, 1.165) is 6.41 Å². The topological polar surface area (TPSA) is 29.1 Å². The summed E-state index contributed by atoms with van der Waals surface area (Å²) in [5.74, 6) is 0.641. The van der Waals surface area contributed by atoms with Crippen molar-refractivity contribution in [3.8, 4) is 0 Å². The van der Waals surface area contributed by atoms with Gasteiger partial charge in [0.25, 0.3) is 0 Å². The third kappa shape index (κ3) is 1.79. The monoisotopic (exact) mass is 189 g/mol. The Labute approximate surface area is 84.3 Å². The molecule has 0 bridgehead atoms. The van der Waals surface area contributed by atoms with Crippen molar-refractivity contribution in [3.63, 3.8) is 0 Å². The normalized spacial score (nSPS) is 18.3. The Morgan fingerprint density at radius 3 is 2.50 bits per heavy atom. The highest BCUT2D eigenvalue weighted by Gasteiger charge is 2.27. The maximum atomic E-state index is 10.5. The van der Waals surface area contributed by atoms with E-state index in [0.29, 0.717) is 5.92 Å². The van der Waals surface area contributed by atoms with E-state index in [9.17, 15) is 4.79 Å². The van der Waals surface area contributed by atoms with Crippen LogP contribution in [-0.2, 0) is 4.79 Å². The van der Waals surface area contributed by atoms with E-state index < -0.39 is 0 Å². The highest BCUT2D eigenvalue weighted by atomic mass is 16.1. The molecule has 1 fully saturated rings. The van der Waals surface area contributed by atoms with Crippen molar-refractivity contribution in [2.24, 2.45) is 5.92 Å². The number of rotatable bonds is 4. The first-order valence-electron chi connectivity index (χ1n) is 5.16. The molecular formula is C12H15NO. The third-order valence-corrected chi connectivity index (χ3v) is 3.03. The van der Waals surface area contributed by atoms with Crippen molar-refractivity contribution in [2.45, 2.75) is 25.3 Å². The summed E-state index contributed by atoms with van der Waals surface area (Å²) in [4.78, 5) is 10.5. The zero-order valence-corrected chi connectivity index (χ0v) is 8.15. The van der Waals surface area contributed by atoms with E-state index in [2.05, 4.69) is 17.4 Å². The second kappa shape index (κ2) is 4.27. The van der Waals surface area contributed by atoms with Crippen LogP contribution in [0.4, 0.5) is 0 Å². The van der Waals surface area contributed by atoms with Gasteiger partial charge in [-0.3, -0.25) is 4.79 Å². The van der Waals surface area contributed by atoms with Gasteiger partial charge in [0.2, 0.25) is 6.41 Å². The third-order valence-electron chi connectivity index (χ3n) is 3.03. The zero-order chi connectivity index (χ0) is 9.80. The van der Waals surface area contributed by atoms with E-state index in [4.69, 9.17) is 0 Å². The van der Waals surface area contributed by atoms with Crippen LogP contribution in [0.25, 0.3) is 0 Å². The summed E-state index contributed by atoms with van der Waals surface area (Å²) >= 11 is 0. The second-order valence-electron chi connectivity index (χ2n) is 3.86. The van der Waals surface area contributed by atoms with Crippen molar-refractivity contribution in [1.29, 1.82) is 0 Å². The van der Waals surface area contributed by atoms with E-state index in [-0.39, 0.29) is 6.04 Å². The molecule has 1 aromatic carbocycles. The molecule has 1 amide bonds. The van der Waals surface area contributed by atoms with Crippen LogP contribution >= 0.6 is 0 Å². The first-order valence-corrected chi connectivity index (χ1v) is 5.16. The first kappa shape index (κ1) is 9.25. The molecule has 1 N–H and O–H groups in total. The van der Waals surface area contributed by atoms with Gasteiger partial charge < -0.3 is 5.32 Å². The molecule has 1 aliphatic carbocycles. The largest absolute Gasteiger partial charge is 0.352 e. The van der Waals surface area contributed by atoms with E-state index in [1.807, 2.05) is 18.2 Å². The Balaban J connectivity index is 2.13. The van der Waals surface area contributed by atoms with Crippen molar-refractivity contribution in [1.82, 2.24) is 5.32 Å². The van der Waals surface area contributed by atoms with E-state index in [1.165, 1.54) is 24.8 Å². The summed E-state index contributed by atoms with van der Waals surface area (Å²) in [6.45, 7) is 0. The molecule has 74 valence electrons. The fourth-order valence-corrected chi connectivity index (χ4v) is 2.01. The van der Waals surface area contributed by atoms with Crippen LogP contribution in [0.5, 0.6) is 0 Å². The molecule has 0 radical (unpaired) electrons. The van der Waals surface area contributed by atoms with Crippen molar-refractivity contribution in [3.05, 3.63) is 35.9 Å².